The number of hydrogen-bond donors (Lipinski definition) is 1. The van der Waals surface area contributed by atoms with E-state index in [2.05, 4.69) is 5.32 Å². The third-order valence-electron chi connectivity index (χ3n) is 5.79. The van der Waals surface area contributed by atoms with Gasteiger partial charge in [0.05, 0.1) is 20.1 Å². The smallest absolute Gasteiger partial charge is 0.241 e. The average Bonchev–Trinajstić information content (AvgIpc) is 3.05. The van der Waals surface area contributed by atoms with Crippen molar-refractivity contribution < 1.29 is 23.1 Å². The quantitative estimate of drug-likeness (QED) is 0.789. The number of carbonyl (C=O) groups is 2. The second-order valence-electron chi connectivity index (χ2n) is 7.64. The Labute approximate surface area is 179 Å². The fourth-order valence-corrected chi connectivity index (χ4v) is 3.98. The molecule has 0 radical (unpaired) electrons. The number of nitrogens with one attached hydrogen (secondary N) is 1. The first-order valence-corrected chi connectivity index (χ1v) is 10.1. The van der Waals surface area contributed by atoms with E-state index in [4.69, 9.17) is 4.74 Å². The largest absolute Gasteiger partial charge is 0.491 e. The van der Waals surface area contributed by atoms with Crippen molar-refractivity contribution in [1.82, 2.24) is 4.90 Å². The van der Waals surface area contributed by atoms with Gasteiger partial charge in [-0.3, -0.25) is 9.59 Å². The molecule has 2 heterocycles. The molecule has 0 unspecified atom stereocenters. The lowest BCUT2D eigenvalue weighted by Gasteiger charge is -2.36. The van der Waals surface area contributed by atoms with Gasteiger partial charge >= 0.3 is 0 Å². The first kappa shape index (κ1) is 20.9. The molecule has 0 atom stereocenters. The third kappa shape index (κ3) is 4.12. The summed E-state index contributed by atoms with van der Waals surface area (Å²) < 4.78 is 32.7. The highest BCUT2D eigenvalue weighted by molar-refractivity contribution is 6.01. The number of ether oxygens (including phenoxy) is 1. The summed E-state index contributed by atoms with van der Waals surface area (Å²) in [5.74, 6) is -1.90. The first-order chi connectivity index (χ1) is 14.9. The molecule has 2 aromatic rings. The summed E-state index contributed by atoms with van der Waals surface area (Å²) >= 11 is 0. The summed E-state index contributed by atoms with van der Waals surface area (Å²) in [6, 6.07) is 8.13. The van der Waals surface area contributed by atoms with Gasteiger partial charge in [-0.05, 0) is 17.7 Å². The second-order valence-corrected chi connectivity index (χ2v) is 7.64. The Morgan fingerprint density at radius 2 is 1.77 bits per heavy atom. The number of rotatable bonds is 5. The van der Waals surface area contributed by atoms with E-state index < -0.39 is 17.4 Å². The van der Waals surface area contributed by atoms with Crippen molar-refractivity contribution in [3.8, 4) is 5.75 Å². The van der Waals surface area contributed by atoms with E-state index in [9.17, 15) is 18.4 Å². The van der Waals surface area contributed by atoms with Gasteiger partial charge in [0, 0.05) is 62.4 Å². The predicted octanol–water partition coefficient (Wildman–Crippen LogP) is 2.25. The van der Waals surface area contributed by atoms with Crippen molar-refractivity contribution in [2.45, 2.75) is 6.42 Å². The van der Waals surface area contributed by atoms with Crippen LogP contribution in [-0.4, -0.2) is 63.6 Å². The molecule has 0 aliphatic carbocycles. The molecule has 4 rings (SSSR count). The summed E-state index contributed by atoms with van der Waals surface area (Å²) in [4.78, 5) is 29.6. The molecule has 2 amide bonds. The number of amides is 2. The highest BCUT2D eigenvalue weighted by Gasteiger charge is 2.25. The van der Waals surface area contributed by atoms with Gasteiger partial charge in [0.1, 0.15) is 0 Å². The van der Waals surface area contributed by atoms with Gasteiger partial charge < -0.3 is 24.8 Å². The van der Waals surface area contributed by atoms with Crippen LogP contribution in [0.5, 0.6) is 5.75 Å². The van der Waals surface area contributed by atoms with E-state index in [1.807, 2.05) is 23.1 Å². The fourth-order valence-electron chi connectivity index (χ4n) is 3.98. The molecular weight excluding hydrogens is 406 g/mol. The van der Waals surface area contributed by atoms with E-state index in [0.29, 0.717) is 38.3 Å². The molecule has 1 saturated heterocycles. The molecule has 1 N–H and O–H groups in total. The predicted molar refractivity (Wildman–Crippen MR) is 114 cm³/mol. The van der Waals surface area contributed by atoms with Crippen LogP contribution in [0.3, 0.4) is 0 Å². The normalized spacial score (nSPS) is 15.9. The molecule has 0 bridgehead atoms. The van der Waals surface area contributed by atoms with Crippen molar-refractivity contribution in [3.05, 3.63) is 47.5 Å². The van der Waals surface area contributed by atoms with Gasteiger partial charge in [-0.2, -0.15) is 0 Å². The van der Waals surface area contributed by atoms with Gasteiger partial charge in [0.25, 0.3) is 0 Å². The van der Waals surface area contributed by atoms with E-state index >= 15 is 0 Å². The summed E-state index contributed by atoms with van der Waals surface area (Å²) in [5.41, 5.74) is 3.04. The van der Waals surface area contributed by atoms with E-state index in [-0.39, 0.29) is 18.4 Å². The Hall–Kier alpha value is -3.36. The zero-order valence-corrected chi connectivity index (χ0v) is 17.5. The minimum Gasteiger partial charge on any atom is -0.491 e. The maximum absolute atomic E-state index is 14.0. The summed E-state index contributed by atoms with van der Waals surface area (Å²) in [6.07, 6.45) is 0.400. The number of halogens is 2. The molecule has 2 aromatic carbocycles. The van der Waals surface area contributed by atoms with Crippen LogP contribution in [0.4, 0.5) is 25.8 Å². The van der Waals surface area contributed by atoms with Crippen LogP contribution in [0.2, 0.25) is 0 Å². The van der Waals surface area contributed by atoms with Crippen molar-refractivity contribution in [2.75, 3.05) is 62.0 Å². The van der Waals surface area contributed by atoms with Gasteiger partial charge in [0.2, 0.25) is 11.8 Å². The highest BCUT2D eigenvalue weighted by atomic mass is 19.1. The number of fused-ring (bicyclic) bond motifs is 1. The maximum Gasteiger partial charge on any atom is 0.241 e. The molecule has 7 nitrogen and oxygen atoms in total. The van der Waals surface area contributed by atoms with E-state index in [0.717, 1.165) is 16.9 Å². The molecular formula is C22H24F2N4O3. The molecule has 2 aliphatic rings. The zero-order chi connectivity index (χ0) is 22.1. The molecule has 9 heteroatoms. The zero-order valence-electron chi connectivity index (χ0n) is 17.5. The molecule has 0 spiro atoms. The van der Waals surface area contributed by atoms with E-state index in [1.165, 1.54) is 19.2 Å². The van der Waals surface area contributed by atoms with Crippen LogP contribution < -0.4 is 19.9 Å². The van der Waals surface area contributed by atoms with Crippen molar-refractivity contribution in [2.24, 2.45) is 0 Å². The molecule has 31 heavy (non-hydrogen) atoms. The van der Waals surface area contributed by atoms with Crippen LogP contribution in [0.15, 0.2) is 30.3 Å². The Morgan fingerprint density at radius 1 is 1.10 bits per heavy atom. The van der Waals surface area contributed by atoms with Crippen molar-refractivity contribution in [1.29, 1.82) is 0 Å². The lowest BCUT2D eigenvalue weighted by Crippen LogP contribution is -2.50. The molecule has 1 fully saturated rings. The summed E-state index contributed by atoms with van der Waals surface area (Å²) in [6.45, 7) is 1.99. The van der Waals surface area contributed by atoms with Crippen LogP contribution in [0.25, 0.3) is 0 Å². The van der Waals surface area contributed by atoms with Crippen LogP contribution in [0, 0.1) is 11.6 Å². The number of benzene rings is 2. The van der Waals surface area contributed by atoms with Gasteiger partial charge in [-0.25, -0.2) is 8.78 Å². The number of hydrogen-bond acceptors (Lipinski definition) is 5. The number of nitrogens with zero attached hydrogens (tertiary/aromatic N) is 3. The van der Waals surface area contributed by atoms with Gasteiger partial charge in [-0.1, -0.05) is 6.07 Å². The number of methoxy groups -OCH3 is 1. The molecule has 0 aromatic heterocycles. The highest BCUT2D eigenvalue weighted by Crippen LogP contribution is 2.30. The Bertz CT molecular complexity index is 999. The molecule has 164 valence electrons. The number of anilines is 3. The summed E-state index contributed by atoms with van der Waals surface area (Å²) in [7, 11) is 2.96. The van der Waals surface area contributed by atoms with Crippen molar-refractivity contribution in [3.63, 3.8) is 0 Å². The Balaban J connectivity index is 1.32. The first-order valence-electron chi connectivity index (χ1n) is 10.1. The summed E-state index contributed by atoms with van der Waals surface area (Å²) in [5, 5.41) is 3.12. The standard InChI is InChI=1S/C22H24F2N4O3/c1-26-19-10-15(4-3-14(19)9-20(26)29)25-13-21(30)28-7-5-27(6-8-28)16-11-17(23)22(31-2)18(24)12-16/h3-4,10-12,25H,5-9,13H2,1-2H3. The average molecular weight is 430 g/mol. The molecule has 2 aliphatic heterocycles. The number of piperazine rings is 1. The lowest BCUT2D eigenvalue weighted by molar-refractivity contribution is -0.129. The SMILES string of the molecule is COc1c(F)cc(N2CCN(C(=O)CNc3ccc4c(c3)N(C)C(=O)C4)CC2)cc1F. The fraction of sp³-hybridized carbons (Fsp3) is 0.364. The van der Waals surface area contributed by atoms with E-state index in [1.54, 1.807) is 16.8 Å². The Morgan fingerprint density at radius 3 is 2.42 bits per heavy atom. The topological polar surface area (TPSA) is 65.1 Å². The minimum atomic E-state index is -0.748. The molecule has 0 saturated carbocycles. The van der Waals surface area contributed by atoms with Gasteiger partial charge in [0.15, 0.2) is 17.4 Å². The monoisotopic (exact) mass is 430 g/mol. The van der Waals surface area contributed by atoms with Crippen LogP contribution in [0.1, 0.15) is 5.56 Å². The Kier molecular flexibility index (Phi) is 5.67. The third-order valence-corrected chi connectivity index (χ3v) is 5.79. The number of likely N-dealkylation sites (N-methyl/N-ethyl adjacent to an activating group) is 1. The number of carbonyl (C=O) groups excluding carboxylic acids is 2. The van der Waals surface area contributed by atoms with Gasteiger partial charge in [-0.15, -0.1) is 0 Å². The lowest BCUT2D eigenvalue weighted by atomic mass is 10.1. The minimum absolute atomic E-state index is 0.0534. The maximum atomic E-state index is 14.0. The van der Waals surface area contributed by atoms with Crippen LogP contribution in [-0.2, 0) is 16.0 Å². The van der Waals surface area contributed by atoms with Crippen LogP contribution >= 0.6 is 0 Å². The van der Waals surface area contributed by atoms with Crippen molar-refractivity contribution >= 4 is 28.9 Å². The second kappa shape index (κ2) is 8.41.